The van der Waals surface area contributed by atoms with E-state index in [0.29, 0.717) is 6.10 Å². The maximum absolute atomic E-state index is 11.9. The van der Waals surface area contributed by atoms with Gasteiger partial charge >= 0.3 is 0 Å². The quantitative estimate of drug-likeness (QED) is 0.914. The van der Waals surface area contributed by atoms with Crippen LogP contribution in [0.3, 0.4) is 0 Å². The Balaban J connectivity index is 1.56. The predicted octanol–water partition coefficient (Wildman–Crippen LogP) is 1.75. The normalized spacial score (nSPS) is 17.7. The Kier molecular flexibility index (Phi) is 4.39. The molecule has 3 rings (SSSR count). The van der Waals surface area contributed by atoms with E-state index in [-0.39, 0.29) is 12.5 Å². The van der Waals surface area contributed by atoms with Gasteiger partial charge < -0.3 is 15.0 Å². The standard InChI is InChI=1S/C16H20N4O2/c1-22-15-7-10-19(11-15)14-5-3-13(4-6-14)18-16(21)12-20-9-2-8-17-20/h2-6,8-9,15H,7,10-12H2,1H3,(H,18,21). The molecule has 1 atom stereocenters. The van der Waals surface area contributed by atoms with E-state index in [1.165, 1.54) is 0 Å². The number of carbonyl (C=O) groups is 1. The van der Waals surface area contributed by atoms with Gasteiger partial charge in [0.2, 0.25) is 5.91 Å². The average Bonchev–Trinajstić information content (AvgIpc) is 3.19. The minimum atomic E-state index is -0.0860. The van der Waals surface area contributed by atoms with Crippen molar-refractivity contribution in [3.8, 4) is 0 Å². The van der Waals surface area contributed by atoms with Crippen LogP contribution >= 0.6 is 0 Å². The number of aromatic nitrogens is 2. The van der Waals surface area contributed by atoms with Gasteiger partial charge in [0.15, 0.2) is 0 Å². The lowest BCUT2D eigenvalue weighted by atomic mass is 10.2. The Bertz CT molecular complexity index is 610. The number of methoxy groups -OCH3 is 1. The Morgan fingerprint density at radius 2 is 2.23 bits per heavy atom. The number of amides is 1. The smallest absolute Gasteiger partial charge is 0.246 e. The molecule has 2 aromatic rings. The van der Waals surface area contributed by atoms with Gasteiger partial charge in [-0.15, -0.1) is 0 Å². The Hall–Kier alpha value is -2.34. The molecule has 2 heterocycles. The van der Waals surface area contributed by atoms with Crippen molar-refractivity contribution >= 4 is 17.3 Å². The molecule has 0 spiro atoms. The second-order valence-electron chi connectivity index (χ2n) is 5.39. The number of nitrogens with zero attached hydrogens (tertiary/aromatic N) is 3. The molecule has 1 amide bonds. The summed E-state index contributed by atoms with van der Waals surface area (Å²) in [5.41, 5.74) is 1.95. The number of nitrogens with one attached hydrogen (secondary N) is 1. The molecule has 6 nitrogen and oxygen atoms in total. The third kappa shape index (κ3) is 3.46. The zero-order chi connectivity index (χ0) is 15.4. The van der Waals surface area contributed by atoms with Gasteiger partial charge in [0.25, 0.3) is 0 Å². The molecular weight excluding hydrogens is 280 g/mol. The number of hydrogen-bond donors (Lipinski definition) is 1. The molecule has 1 aliphatic rings. The SMILES string of the molecule is COC1CCN(c2ccc(NC(=O)Cn3cccn3)cc2)C1. The summed E-state index contributed by atoms with van der Waals surface area (Å²) in [6.45, 7) is 2.14. The molecule has 0 saturated carbocycles. The van der Waals surface area contributed by atoms with Crippen LogP contribution in [-0.2, 0) is 16.1 Å². The van der Waals surface area contributed by atoms with Crippen LogP contribution < -0.4 is 10.2 Å². The predicted molar refractivity (Wildman–Crippen MR) is 84.9 cm³/mol. The number of benzene rings is 1. The van der Waals surface area contributed by atoms with E-state index in [0.717, 1.165) is 30.9 Å². The molecule has 0 radical (unpaired) electrons. The fourth-order valence-electron chi connectivity index (χ4n) is 2.65. The Labute approximate surface area is 129 Å². The second kappa shape index (κ2) is 6.62. The number of ether oxygens (including phenoxy) is 1. The highest BCUT2D eigenvalue weighted by molar-refractivity contribution is 5.90. The van der Waals surface area contributed by atoms with Crippen molar-refractivity contribution < 1.29 is 9.53 Å². The van der Waals surface area contributed by atoms with Crippen molar-refractivity contribution in [1.82, 2.24) is 9.78 Å². The highest BCUT2D eigenvalue weighted by Gasteiger charge is 2.22. The summed E-state index contributed by atoms with van der Waals surface area (Å²) >= 11 is 0. The first-order valence-electron chi connectivity index (χ1n) is 7.39. The zero-order valence-electron chi connectivity index (χ0n) is 12.6. The average molecular weight is 300 g/mol. The highest BCUT2D eigenvalue weighted by Crippen LogP contribution is 2.23. The molecular formula is C16H20N4O2. The Morgan fingerprint density at radius 1 is 1.41 bits per heavy atom. The summed E-state index contributed by atoms with van der Waals surface area (Å²) in [7, 11) is 1.76. The zero-order valence-corrected chi connectivity index (χ0v) is 12.6. The van der Waals surface area contributed by atoms with E-state index in [2.05, 4.69) is 15.3 Å². The van der Waals surface area contributed by atoms with Gasteiger partial charge in [-0.1, -0.05) is 0 Å². The van der Waals surface area contributed by atoms with Crippen LogP contribution in [0.5, 0.6) is 0 Å². The molecule has 1 N–H and O–H groups in total. The van der Waals surface area contributed by atoms with Crippen molar-refractivity contribution in [3.05, 3.63) is 42.7 Å². The van der Waals surface area contributed by atoms with Crippen LogP contribution in [0, 0.1) is 0 Å². The largest absolute Gasteiger partial charge is 0.380 e. The number of carbonyl (C=O) groups excluding carboxylic acids is 1. The highest BCUT2D eigenvalue weighted by atomic mass is 16.5. The monoisotopic (exact) mass is 300 g/mol. The first-order chi connectivity index (χ1) is 10.7. The molecule has 1 fully saturated rings. The summed E-state index contributed by atoms with van der Waals surface area (Å²) in [5.74, 6) is -0.0860. The second-order valence-corrected chi connectivity index (χ2v) is 5.39. The topological polar surface area (TPSA) is 59.4 Å². The summed E-state index contributed by atoms with van der Waals surface area (Å²) in [6, 6.07) is 9.71. The van der Waals surface area contributed by atoms with E-state index in [1.54, 1.807) is 30.3 Å². The minimum Gasteiger partial charge on any atom is -0.380 e. The molecule has 0 bridgehead atoms. The van der Waals surface area contributed by atoms with Gasteiger partial charge in [-0.3, -0.25) is 9.48 Å². The fraction of sp³-hybridized carbons (Fsp3) is 0.375. The first kappa shape index (κ1) is 14.6. The van der Waals surface area contributed by atoms with Gasteiger partial charge in [0.05, 0.1) is 6.10 Å². The van der Waals surface area contributed by atoms with Crippen molar-refractivity contribution in [1.29, 1.82) is 0 Å². The molecule has 1 saturated heterocycles. The minimum absolute atomic E-state index is 0.0860. The van der Waals surface area contributed by atoms with E-state index in [9.17, 15) is 4.79 Å². The third-order valence-corrected chi connectivity index (χ3v) is 3.86. The number of rotatable bonds is 5. The van der Waals surface area contributed by atoms with Crippen molar-refractivity contribution in [3.63, 3.8) is 0 Å². The van der Waals surface area contributed by atoms with E-state index in [4.69, 9.17) is 4.74 Å². The lowest BCUT2D eigenvalue weighted by Gasteiger charge is -2.18. The van der Waals surface area contributed by atoms with Crippen LogP contribution in [0.15, 0.2) is 42.7 Å². The van der Waals surface area contributed by atoms with Gasteiger partial charge in [0, 0.05) is 44.0 Å². The van der Waals surface area contributed by atoms with Crippen LogP contribution in [0.25, 0.3) is 0 Å². The molecule has 6 heteroatoms. The third-order valence-electron chi connectivity index (χ3n) is 3.86. The maximum atomic E-state index is 11.9. The first-order valence-corrected chi connectivity index (χ1v) is 7.39. The van der Waals surface area contributed by atoms with Crippen LogP contribution in [-0.4, -0.2) is 42.0 Å². The van der Waals surface area contributed by atoms with Gasteiger partial charge in [0.1, 0.15) is 6.54 Å². The van der Waals surface area contributed by atoms with E-state index >= 15 is 0 Å². The van der Waals surface area contributed by atoms with Crippen molar-refractivity contribution in [2.75, 3.05) is 30.4 Å². The van der Waals surface area contributed by atoms with E-state index < -0.39 is 0 Å². The summed E-state index contributed by atoms with van der Waals surface area (Å²) in [4.78, 5) is 14.2. The molecule has 1 aromatic heterocycles. The molecule has 1 aliphatic heterocycles. The van der Waals surface area contributed by atoms with Crippen LogP contribution in [0.1, 0.15) is 6.42 Å². The summed E-state index contributed by atoms with van der Waals surface area (Å²) < 4.78 is 6.98. The van der Waals surface area contributed by atoms with Crippen LogP contribution in [0.2, 0.25) is 0 Å². The molecule has 1 aromatic carbocycles. The lowest BCUT2D eigenvalue weighted by Crippen LogP contribution is -2.22. The summed E-state index contributed by atoms with van der Waals surface area (Å²) in [6.07, 6.45) is 4.79. The summed E-state index contributed by atoms with van der Waals surface area (Å²) in [5, 5.41) is 6.89. The molecule has 0 aliphatic carbocycles. The van der Waals surface area contributed by atoms with Crippen LogP contribution in [0.4, 0.5) is 11.4 Å². The number of hydrogen-bond acceptors (Lipinski definition) is 4. The van der Waals surface area contributed by atoms with Gasteiger partial charge in [-0.2, -0.15) is 5.10 Å². The maximum Gasteiger partial charge on any atom is 0.246 e. The molecule has 116 valence electrons. The van der Waals surface area contributed by atoms with Crippen molar-refractivity contribution in [2.45, 2.75) is 19.1 Å². The number of anilines is 2. The van der Waals surface area contributed by atoms with E-state index in [1.807, 2.05) is 24.3 Å². The fourth-order valence-corrected chi connectivity index (χ4v) is 2.65. The van der Waals surface area contributed by atoms with Gasteiger partial charge in [-0.05, 0) is 36.8 Å². The van der Waals surface area contributed by atoms with Crippen molar-refractivity contribution in [2.24, 2.45) is 0 Å². The lowest BCUT2D eigenvalue weighted by molar-refractivity contribution is -0.116. The molecule has 22 heavy (non-hydrogen) atoms. The molecule has 1 unspecified atom stereocenters. The Morgan fingerprint density at radius 3 is 2.86 bits per heavy atom. The van der Waals surface area contributed by atoms with Gasteiger partial charge in [-0.25, -0.2) is 0 Å².